The highest BCUT2D eigenvalue weighted by molar-refractivity contribution is 6.31. The van der Waals surface area contributed by atoms with Crippen molar-refractivity contribution < 1.29 is 9.90 Å². The summed E-state index contributed by atoms with van der Waals surface area (Å²) in [6.07, 6.45) is 1.81. The Hall–Kier alpha value is -3.04. The Bertz CT molecular complexity index is 1220. The van der Waals surface area contributed by atoms with E-state index < -0.39 is 11.8 Å². The van der Waals surface area contributed by atoms with Crippen LogP contribution in [0.1, 0.15) is 18.4 Å². The summed E-state index contributed by atoms with van der Waals surface area (Å²) in [5.41, 5.74) is 0.415. The molecule has 5 nitrogen and oxygen atoms in total. The van der Waals surface area contributed by atoms with Crippen LogP contribution < -0.4 is 9.80 Å². The van der Waals surface area contributed by atoms with Crippen LogP contribution in [0.3, 0.4) is 0 Å². The molecule has 1 saturated carbocycles. The monoisotopic (exact) mass is 463 g/mol. The SMILES string of the molecule is [C-]#[N+]c1cccc(C2(O)C(C3CC3)N(c3ccc(Cl)cc3)C(=O)N2c2ccc(Cl)cc2)c1. The fourth-order valence-electron chi connectivity index (χ4n) is 4.51. The molecule has 1 aliphatic carbocycles. The number of amides is 2. The van der Waals surface area contributed by atoms with Crippen LogP contribution in [0.25, 0.3) is 4.85 Å². The number of nitrogens with zero attached hydrogens (tertiary/aromatic N) is 3. The summed E-state index contributed by atoms with van der Waals surface area (Å²) in [5.74, 6) is 0.119. The largest absolute Gasteiger partial charge is 0.365 e. The van der Waals surface area contributed by atoms with Crippen molar-refractivity contribution in [2.75, 3.05) is 9.80 Å². The van der Waals surface area contributed by atoms with Crippen molar-refractivity contribution in [2.24, 2.45) is 5.92 Å². The molecule has 2 amide bonds. The number of carbonyl (C=O) groups is 1. The Kier molecular flexibility index (Phi) is 5.10. The minimum atomic E-state index is -1.67. The Balaban J connectivity index is 1.74. The van der Waals surface area contributed by atoms with Gasteiger partial charge in [-0.05, 0) is 78.9 Å². The van der Waals surface area contributed by atoms with Crippen molar-refractivity contribution in [1.82, 2.24) is 0 Å². The van der Waals surface area contributed by atoms with E-state index in [0.717, 1.165) is 12.8 Å². The van der Waals surface area contributed by atoms with Gasteiger partial charge in [-0.15, -0.1) is 0 Å². The van der Waals surface area contributed by atoms with Gasteiger partial charge in [-0.1, -0.05) is 41.4 Å². The van der Waals surface area contributed by atoms with E-state index in [1.54, 1.807) is 77.7 Å². The fraction of sp³-hybridized carbons (Fsp3) is 0.200. The number of anilines is 2. The molecule has 7 heteroatoms. The molecule has 5 rings (SSSR count). The molecule has 0 radical (unpaired) electrons. The predicted octanol–water partition coefficient (Wildman–Crippen LogP) is 6.61. The van der Waals surface area contributed by atoms with E-state index in [4.69, 9.17) is 29.8 Å². The lowest BCUT2D eigenvalue weighted by Gasteiger charge is -2.37. The molecular weight excluding hydrogens is 445 g/mol. The standard InChI is InChI=1S/C25H19Cl2N3O2/c1-28-20-4-2-3-17(15-20)25(32)23(16-5-6-16)29(21-11-7-18(26)8-12-21)24(31)30(25)22-13-9-19(27)10-14-22/h2-4,7-16,23,32H,5-6H2. The Morgan fingerprint density at radius 1 is 0.938 bits per heavy atom. The van der Waals surface area contributed by atoms with Crippen LogP contribution >= 0.6 is 23.2 Å². The molecule has 2 unspecified atom stereocenters. The average Bonchev–Trinajstić information content (AvgIpc) is 3.61. The molecule has 3 aromatic rings. The second-order valence-corrected chi connectivity index (χ2v) is 8.98. The molecule has 1 N–H and O–H groups in total. The first kappa shape index (κ1) is 20.8. The van der Waals surface area contributed by atoms with Crippen LogP contribution in [0.4, 0.5) is 21.9 Å². The van der Waals surface area contributed by atoms with Gasteiger partial charge in [0.15, 0.2) is 11.4 Å². The van der Waals surface area contributed by atoms with E-state index in [-0.39, 0.29) is 11.9 Å². The summed E-state index contributed by atoms with van der Waals surface area (Å²) in [6.45, 7) is 7.42. The maximum atomic E-state index is 13.9. The number of hydrogen-bond donors (Lipinski definition) is 1. The van der Waals surface area contributed by atoms with Crippen LogP contribution in [-0.4, -0.2) is 17.2 Å². The van der Waals surface area contributed by atoms with Crippen LogP contribution in [0.2, 0.25) is 10.0 Å². The lowest BCUT2D eigenvalue weighted by atomic mass is 9.90. The van der Waals surface area contributed by atoms with Gasteiger partial charge >= 0.3 is 6.03 Å². The van der Waals surface area contributed by atoms with Gasteiger partial charge in [0.05, 0.1) is 12.6 Å². The quantitative estimate of drug-likeness (QED) is 0.442. The molecule has 2 fully saturated rings. The van der Waals surface area contributed by atoms with E-state index >= 15 is 0 Å². The summed E-state index contributed by atoms with van der Waals surface area (Å²) in [5, 5.41) is 13.5. The molecule has 0 bridgehead atoms. The molecule has 1 saturated heterocycles. The van der Waals surface area contributed by atoms with Crippen molar-refractivity contribution in [3.8, 4) is 0 Å². The van der Waals surface area contributed by atoms with E-state index in [1.807, 2.05) is 0 Å². The third-order valence-electron chi connectivity index (χ3n) is 6.09. The number of carbonyl (C=O) groups excluding carboxylic acids is 1. The first-order valence-corrected chi connectivity index (χ1v) is 11.0. The van der Waals surface area contributed by atoms with Crippen LogP contribution in [-0.2, 0) is 5.72 Å². The zero-order valence-corrected chi connectivity index (χ0v) is 18.5. The van der Waals surface area contributed by atoms with Crippen molar-refractivity contribution in [3.05, 3.63) is 99.8 Å². The van der Waals surface area contributed by atoms with E-state index in [0.29, 0.717) is 32.7 Å². The van der Waals surface area contributed by atoms with E-state index in [9.17, 15) is 9.90 Å². The van der Waals surface area contributed by atoms with Crippen molar-refractivity contribution in [3.63, 3.8) is 0 Å². The molecule has 3 aromatic carbocycles. The normalized spacial score (nSPS) is 22.8. The fourth-order valence-corrected chi connectivity index (χ4v) is 4.76. The molecule has 32 heavy (non-hydrogen) atoms. The average molecular weight is 464 g/mol. The molecule has 0 aromatic heterocycles. The summed E-state index contributed by atoms with van der Waals surface area (Å²) in [6, 6.07) is 19.8. The minimum Gasteiger partial charge on any atom is -0.365 e. The number of halogens is 2. The third kappa shape index (κ3) is 3.32. The van der Waals surface area contributed by atoms with E-state index in [2.05, 4.69) is 4.85 Å². The molecule has 2 aliphatic rings. The van der Waals surface area contributed by atoms with Crippen molar-refractivity contribution in [1.29, 1.82) is 0 Å². The first-order valence-electron chi connectivity index (χ1n) is 10.3. The smallest absolute Gasteiger partial charge is 0.332 e. The summed E-state index contributed by atoms with van der Waals surface area (Å²) >= 11 is 12.2. The molecular formula is C25H19Cl2N3O2. The maximum Gasteiger partial charge on any atom is 0.332 e. The first-order chi connectivity index (χ1) is 15.4. The maximum absolute atomic E-state index is 13.9. The molecule has 160 valence electrons. The Labute approximate surface area is 196 Å². The zero-order chi connectivity index (χ0) is 22.5. The van der Waals surface area contributed by atoms with Crippen molar-refractivity contribution >= 4 is 46.3 Å². The number of benzene rings is 3. The van der Waals surface area contributed by atoms with Crippen LogP contribution in [0.5, 0.6) is 0 Å². The van der Waals surface area contributed by atoms with Crippen LogP contribution in [0.15, 0.2) is 72.8 Å². The highest BCUT2D eigenvalue weighted by atomic mass is 35.5. The summed E-state index contributed by atoms with van der Waals surface area (Å²) < 4.78 is 0. The molecule has 1 aliphatic heterocycles. The summed E-state index contributed by atoms with van der Waals surface area (Å²) in [7, 11) is 0. The number of rotatable bonds is 4. The Morgan fingerprint density at radius 2 is 1.53 bits per heavy atom. The zero-order valence-electron chi connectivity index (χ0n) is 17.0. The summed E-state index contributed by atoms with van der Waals surface area (Å²) in [4.78, 5) is 20.5. The lowest BCUT2D eigenvalue weighted by molar-refractivity contribution is 0.0251. The van der Waals surface area contributed by atoms with Gasteiger partial charge < -0.3 is 5.11 Å². The van der Waals surface area contributed by atoms with Gasteiger partial charge in [-0.25, -0.2) is 9.64 Å². The third-order valence-corrected chi connectivity index (χ3v) is 6.59. The predicted molar refractivity (Wildman–Crippen MR) is 126 cm³/mol. The molecule has 1 heterocycles. The lowest BCUT2D eigenvalue weighted by Crippen LogP contribution is -2.50. The minimum absolute atomic E-state index is 0.119. The number of urea groups is 1. The van der Waals surface area contributed by atoms with Gasteiger partial charge in [0.2, 0.25) is 0 Å². The topological polar surface area (TPSA) is 48.1 Å². The number of aliphatic hydroxyl groups is 1. The van der Waals surface area contributed by atoms with Gasteiger partial charge in [0, 0.05) is 21.4 Å². The second-order valence-electron chi connectivity index (χ2n) is 8.11. The van der Waals surface area contributed by atoms with Crippen LogP contribution in [0, 0.1) is 12.5 Å². The van der Waals surface area contributed by atoms with Gasteiger partial charge in [0.25, 0.3) is 0 Å². The second kappa shape index (κ2) is 7.83. The molecule has 0 spiro atoms. The highest BCUT2D eigenvalue weighted by Crippen LogP contribution is 2.53. The van der Waals surface area contributed by atoms with Gasteiger partial charge in [-0.2, -0.15) is 0 Å². The van der Waals surface area contributed by atoms with E-state index in [1.165, 1.54) is 4.90 Å². The van der Waals surface area contributed by atoms with Gasteiger partial charge in [-0.3, -0.25) is 9.80 Å². The van der Waals surface area contributed by atoms with Gasteiger partial charge in [0.1, 0.15) is 0 Å². The Morgan fingerprint density at radius 3 is 2.09 bits per heavy atom. The van der Waals surface area contributed by atoms with Crippen molar-refractivity contribution in [2.45, 2.75) is 24.6 Å². The highest BCUT2D eigenvalue weighted by Gasteiger charge is 2.62. The molecule has 2 atom stereocenters. The number of hydrogen-bond acceptors (Lipinski definition) is 2.